The number of hydrogen-bond acceptors (Lipinski definition) is 3. The van der Waals surface area contributed by atoms with Gasteiger partial charge in [0.2, 0.25) is 15.9 Å². The van der Waals surface area contributed by atoms with Gasteiger partial charge in [-0.3, -0.25) is 4.79 Å². The van der Waals surface area contributed by atoms with Crippen molar-refractivity contribution in [1.29, 1.82) is 0 Å². The summed E-state index contributed by atoms with van der Waals surface area (Å²) in [7, 11) is -1.71. The van der Waals surface area contributed by atoms with Gasteiger partial charge in [0.1, 0.15) is 0 Å². The van der Waals surface area contributed by atoms with E-state index in [2.05, 4.69) is 0 Å². The highest BCUT2D eigenvalue weighted by Gasteiger charge is 2.33. The highest BCUT2D eigenvalue weighted by molar-refractivity contribution is 7.89. The molecule has 144 valence electrons. The molecule has 3 rings (SSSR count). The van der Waals surface area contributed by atoms with Gasteiger partial charge in [0.05, 0.1) is 4.90 Å². The predicted octanol–water partition coefficient (Wildman–Crippen LogP) is 3.40. The third kappa shape index (κ3) is 4.69. The van der Waals surface area contributed by atoms with Gasteiger partial charge >= 0.3 is 0 Å². The molecule has 0 N–H and O–H groups in total. The molecule has 1 fully saturated rings. The largest absolute Gasteiger partial charge is 0.341 e. The zero-order valence-corrected chi connectivity index (χ0v) is 16.8. The predicted molar refractivity (Wildman–Crippen MR) is 106 cm³/mol. The van der Waals surface area contributed by atoms with E-state index in [1.54, 1.807) is 42.3 Å². The van der Waals surface area contributed by atoms with Crippen molar-refractivity contribution < 1.29 is 13.2 Å². The molecule has 0 radical (unpaired) electrons. The number of halogens is 1. The molecule has 0 aromatic heterocycles. The standard InChI is InChI=1S/C20H23ClN2O3S/c1-22(15-16-7-9-18(21)10-8-16)20(24)17-11-13-23(14-12-17)27(25,26)19-5-3-2-4-6-19/h2-10,17H,11-15H2,1H3. The van der Waals surface area contributed by atoms with Crippen molar-refractivity contribution in [2.24, 2.45) is 5.92 Å². The van der Waals surface area contributed by atoms with Gasteiger partial charge in [-0.05, 0) is 42.7 Å². The van der Waals surface area contributed by atoms with Crippen molar-refractivity contribution in [2.45, 2.75) is 24.3 Å². The zero-order chi connectivity index (χ0) is 19.4. The Morgan fingerprint density at radius 2 is 1.67 bits per heavy atom. The maximum atomic E-state index is 12.7. The Bertz CT molecular complexity index is 877. The van der Waals surface area contributed by atoms with Crippen LogP contribution in [-0.4, -0.2) is 43.7 Å². The lowest BCUT2D eigenvalue weighted by atomic mass is 9.96. The first-order valence-electron chi connectivity index (χ1n) is 8.92. The normalized spacial score (nSPS) is 16.2. The zero-order valence-electron chi connectivity index (χ0n) is 15.2. The first-order valence-corrected chi connectivity index (χ1v) is 10.7. The Kier molecular flexibility index (Phi) is 6.19. The molecule has 1 saturated heterocycles. The molecule has 7 heteroatoms. The number of carbonyl (C=O) groups excluding carboxylic acids is 1. The van der Waals surface area contributed by atoms with Crippen LogP contribution in [0.3, 0.4) is 0 Å². The Hall–Kier alpha value is -1.89. The maximum absolute atomic E-state index is 12.7. The molecule has 2 aromatic carbocycles. The topological polar surface area (TPSA) is 57.7 Å². The lowest BCUT2D eigenvalue weighted by Gasteiger charge is -2.32. The first kappa shape index (κ1) is 19.9. The van der Waals surface area contributed by atoms with Crippen LogP contribution < -0.4 is 0 Å². The van der Waals surface area contributed by atoms with E-state index in [0.717, 1.165) is 5.56 Å². The van der Waals surface area contributed by atoms with Gasteiger partial charge < -0.3 is 4.90 Å². The Morgan fingerprint density at radius 3 is 2.26 bits per heavy atom. The fourth-order valence-corrected chi connectivity index (χ4v) is 4.95. The van der Waals surface area contributed by atoms with Crippen molar-refractivity contribution in [2.75, 3.05) is 20.1 Å². The number of sulfonamides is 1. The number of amides is 1. The van der Waals surface area contributed by atoms with Crippen molar-refractivity contribution in [3.63, 3.8) is 0 Å². The first-order chi connectivity index (χ1) is 12.9. The van der Waals surface area contributed by atoms with Gasteiger partial charge in [-0.1, -0.05) is 41.9 Å². The van der Waals surface area contributed by atoms with Crippen LogP contribution in [-0.2, 0) is 21.4 Å². The summed E-state index contributed by atoms with van der Waals surface area (Å²) in [5.41, 5.74) is 1.01. The molecular weight excluding hydrogens is 384 g/mol. The van der Waals surface area contributed by atoms with Crippen LogP contribution in [0.1, 0.15) is 18.4 Å². The van der Waals surface area contributed by atoms with E-state index in [0.29, 0.717) is 42.4 Å². The smallest absolute Gasteiger partial charge is 0.243 e. The van der Waals surface area contributed by atoms with Gasteiger partial charge in [0, 0.05) is 37.6 Å². The summed E-state index contributed by atoms with van der Waals surface area (Å²) < 4.78 is 26.8. The molecule has 1 heterocycles. The SMILES string of the molecule is CN(Cc1ccc(Cl)cc1)C(=O)C1CCN(S(=O)(=O)c2ccccc2)CC1. The number of nitrogens with zero attached hydrogens (tertiary/aromatic N) is 2. The summed E-state index contributed by atoms with van der Waals surface area (Å²) in [6.07, 6.45) is 1.08. The molecule has 1 amide bonds. The molecule has 27 heavy (non-hydrogen) atoms. The van der Waals surface area contributed by atoms with E-state index < -0.39 is 10.0 Å². The Balaban J connectivity index is 1.58. The molecule has 2 aromatic rings. The molecule has 1 aliphatic heterocycles. The average molecular weight is 407 g/mol. The summed E-state index contributed by atoms with van der Waals surface area (Å²) in [5.74, 6) is -0.0915. The highest BCUT2D eigenvalue weighted by Crippen LogP contribution is 2.25. The third-order valence-corrected chi connectivity index (χ3v) is 7.06. The van der Waals surface area contributed by atoms with Crippen molar-refractivity contribution >= 4 is 27.5 Å². The molecule has 0 atom stereocenters. The van der Waals surface area contributed by atoms with Crippen LogP contribution in [0.4, 0.5) is 0 Å². The lowest BCUT2D eigenvalue weighted by molar-refractivity contribution is -0.135. The Morgan fingerprint density at radius 1 is 1.07 bits per heavy atom. The van der Waals surface area contributed by atoms with Crippen LogP contribution in [0.25, 0.3) is 0 Å². The molecule has 0 unspecified atom stereocenters. The third-order valence-electron chi connectivity index (χ3n) is 4.89. The molecule has 0 saturated carbocycles. The summed E-state index contributed by atoms with van der Waals surface area (Å²) >= 11 is 5.89. The van der Waals surface area contributed by atoms with Crippen molar-refractivity contribution in [1.82, 2.24) is 9.21 Å². The maximum Gasteiger partial charge on any atom is 0.243 e. The van der Waals surface area contributed by atoms with E-state index in [9.17, 15) is 13.2 Å². The second kappa shape index (κ2) is 8.42. The van der Waals surface area contributed by atoms with Crippen LogP contribution in [0.5, 0.6) is 0 Å². The van der Waals surface area contributed by atoms with Crippen LogP contribution in [0, 0.1) is 5.92 Å². The van der Waals surface area contributed by atoms with Crippen LogP contribution in [0.2, 0.25) is 5.02 Å². The van der Waals surface area contributed by atoms with Crippen LogP contribution >= 0.6 is 11.6 Å². The number of piperidine rings is 1. The fraction of sp³-hybridized carbons (Fsp3) is 0.350. The quantitative estimate of drug-likeness (QED) is 0.764. The molecule has 5 nitrogen and oxygen atoms in total. The number of rotatable bonds is 5. The fourth-order valence-electron chi connectivity index (χ4n) is 3.34. The number of hydrogen-bond donors (Lipinski definition) is 0. The van der Waals surface area contributed by atoms with E-state index in [1.807, 2.05) is 24.3 Å². The van der Waals surface area contributed by atoms with Crippen molar-refractivity contribution in [3.8, 4) is 0 Å². The van der Waals surface area contributed by atoms with Gasteiger partial charge in [0.15, 0.2) is 0 Å². The summed E-state index contributed by atoms with van der Waals surface area (Å²) in [6.45, 7) is 1.24. The molecule has 0 aliphatic carbocycles. The van der Waals surface area contributed by atoms with E-state index in [-0.39, 0.29) is 11.8 Å². The second-order valence-corrected chi connectivity index (χ2v) is 9.19. The van der Waals surface area contributed by atoms with Gasteiger partial charge in [-0.2, -0.15) is 4.31 Å². The minimum absolute atomic E-state index is 0.0571. The van der Waals surface area contributed by atoms with Crippen molar-refractivity contribution in [3.05, 3.63) is 65.2 Å². The summed E-state index contributed by atoms with van der Waals surface area (Å²) in [5, 5.41) is 0.666. The number of carbonyl (C=O) groups is 1. The minimum atomic E-state index is -3.49. The van der Waals surface area contributed by atoms with E-state index in [4.69, 9.17) is 11.6 Å². The van der Waals surface area contributed by atoms with Gasteiger partial charge in [-0.25, -0.2) is 8.42 Å². The van der Waals surface area contributed by atoms with Gasteiger partial charge in [0.25, 0.3) is 0 Å². The van der Waals surface area contributed by atoms with E-state index >= 15 is 0 Å². The van der Waals surface area contributed by atoms with E-state index in [1.165, 1.54) is 4.31 Å². The lowest BCUT2D eigenvalue weighted by Crippen LogP contribution is -2.43. The molecule has 0 spiro atoms. The molecular formula is C20H23ClN2O3S. The average Bonchev–Trinajstić information content (AvgIpc) is 2.70. The highest BCUT2D eigenvalue weighted by atomic mass is 35.5. The monoisotopic (exact) mass is 406 g/mol. The second-order valence-electron chi connectivity index (χ2n) is 6.81. The molecule has 0 bridgehead atoms. The number of benzene rings is 2. The Labute approximate surface area is 165 Å². The summed E-state index contributed by atoms with van der Waals surface area (Å²) in [6, 6.07) is 15.9. The summed E-state index contributed by atoms with van der Waals surface area (Å²) in [4.78, 5) is 14.7. The van der Waals surface area contributed by atoms with Crippen LogP contribution in [0.15, 0.2) is 59.5 Å². The minimum Gasteiger partial charge on any atom is -0.341 e. The van der Waals surface area contributed by atoms with Gasteiger partial charge in [-0.15, -0.1) is 0 Å². The molecule has 1 aliphatic rings.